The van der Waals surface area contributed by atoms with Gasteiger partial charge in [0.05, 0.1) is 10.7 Å². The van der Waals surface area contributed by atoms with Gasteiger partial charge in [-0.05, 0) is 18.2 Å². The van der Waals surface area contributed by atoms with Crippen molar-refractivity contribution in [2.24, 2.45) is 0 Å². The van der Waals surface area contributed by atoms with Crippen LogP contribution in [0.2, 0.25) is 10.0 Å². The smallest absolute Gasteiger partial charge is 0.267 e. The monoisotopic (exact) mass is 269 g/mol. The molecular formula is C11H9Cl2N3O. The molecule has 2 N–H and O–H groups in total. The van der Waals surface area contributed by atoms with Crippen molar-refractivity contribution in [3.63, 3.8) is 0 Å². The molecule has 6 heteroatoms. The van der Waals surface area contributed by atoms with Crippen molar-refractivity contribution in [2.75, 3.05) is 12.4 Å². The summed E-state index contributed by atoms with van der Waals surface area (Å²) in [5.41, 5.74) is 0.310. The molecule has 0 atom stereocenters. The Morgan fingerprint density at radius 3 is 2.76 bits per heavy atom. The van der Waals surface area contributed by atoms with Crippen LogP contribution in [-0.2, 0) is 4.79 Å². The zero-order chi connectivity index (χ0) is 12.8. The van der Waals surface area contributed by atoms with Crippen molar-refractivity contribution in [1.82, 2.24) is 5.32 Å². The van der Waals surface area contributed by atoms with E-state index in [1.165, 1.54) is 12.3 Å². The first kappa shape index (κ1) is 13.4. The first-order valence-corrected chi connectivity index (χ1v) is 5.38. The van der Waals surface area contributed by atoms with E-state index in [9.17, 15) is 4.79 Å². The highest BCUT2D eigenvalue weighted by Crippen LogP contribution is 2.25. The van der Waals surface area contributed by atoms with Crippen LogP contribution in [0.1, 0.15) is 0 Å². The van der Waals surface area contributed by atoms with Gasteiger partial charge < -0.3 is 10.6 Å². The molecular weight excluding hydrogens is 261 g/mol. The third kappa shape index (κ3) is 3.66. The fourth-order valence-corrected chi connectivity index (χ4v) is 1.41. The van der Waals surface area contributed by atoms with Crippen molar-refractivity contribution in [3.8, 4) is 6.07 Å². The largest absolute Gasteiger partial charge is 0.393 e. The van der Waals surface area contributed by atoms with Gasteiger partial charge in [-0.2, -0.15) is 5.26 Å². The van der Waals surface area contributed by atoms with Gasteiger partial charge in [0, 0.05) is 18.3 Å². The Balaban J connectivity index is 2.92. The molecule has 0 heterocycles. The zero-order valence-corrected chi connectivity index (χ0v) is 10.4. The third-order valence-corrected chi connectivity index (χ3v) is 2.40. The van der Waals surface area contributed by atoms with Gasteiger partial charge in [-0.3, -0.25) is 4.79 Å². The molecule has 0 saturated carbocycles. The molecule has 0 bridgehead atoms. The molecule has 88 valence electrons. The standard InChI is InChI=1S/C11H9Cl2N3O/c1-15-6-7(5-14)11(17)16-10-4-8(12)2-3-9(10)13/h2-4,6,15H,1H3,(H,16,17)/b7-6-. The molecule has 1 aromatic carbocycles. The predicted molar refractivity (Wildman–Crippen MR) is 67.8 cm³/mol. The highest BCUT2D eigenvalue weighted by molar-refractivity contribution is 6.35. The number of amides is 1. The van der Waals surface area contributed by atoms with Crippen LogP contribution in [0.15, 0.2) is 30.0 Å². The lowest BCUT2D eigenvalue weighted by Gasteiger charge is -2.06. The normalized spacial score (nSPS) is 10.6. The van der Waals surface area contributed by atoms with Crippen LogP contribution in [0.25, 0.3) is 0 Å². The second-order valence-corrected chi connectivity index (χ2v) is 3.88. The van der Waals surface area contributed by atoms with Gasteiger partial charge >= 0.3 is 0 Å². The number of benzene rings is 1. The molecule has 1 amide bonds. The van der Waals surface area contributed by atoms with E-state index >= 15 is 0 Å². The number of nitrogens with zero attached hydrogens (tertiary/aromatic N) is 1. The predicted octanol–water partition coefficient (Wildman–Crippen LogP) is 2.56. The first-order chi connectivity index (χ1) is 8.08. The molecule has 0 fully saturated rings. The van der Waals surface area contributed by atoms with Gasteiger partial charge in [0.1, 0.15) is 11.6 Å². The average Bonchev–Trinajstić information content (AvgIpc) is 2.30. The number of nitriles is 1. The molecule has 4 nitrogen and oxygen atoms in total. The molecule has 17 heavy (non-hydrogen) atoms. The fourth-order valence-electron chi connectivity index (χ4n) is 1.08. The van der Waals surface area contributed by atoms with Gasteiger partial charge in [-0.25, -0.2) is 0 Å². The van der Waals surface area contributed by atoms with E-state index in [2.05, 4.69) is 10.6 Å². The third-order valence-electron chi connectivity index (χ3n) is 1.83. The molecule has 1 aromatic rings. The summed E-state index contributed by atoms with van der Waals surface area (Å²) in [4.78, 5) is 11.7. The van der Waals surface area contributed by atoms with Crippen LogP contribution in [0.5, 0.6) is 0 Å². The van der Waals surface area contributed by atoms with Crippen LogP contribution in [0, 0.1) is 11.3 Å². The van der Waals surface area contributed by atoms with Gasteiger partial charge in [-0.1, -0.05) is 23.2 Å². The van der Waals surface area contributed by atoms with Crippen LogP contribution >= 0.6 is 23.2 Å². The lowest BCUT2D eigenvalue weighted by molar-refractivity contribution is -0.112. The van der Waals surface area contributed by atoms with E-state index in [4.69, 9.17) is 28.5 Å². The maximum Gasteiger partial charge on any atom is 0.267 e. The van der Waals surface area contributed by atoms with Crippen LogP contribution in [-0.4, -0.2) is 13.0 Å². The molecule has 0 aromatic heterocycles. The minimum absolute atomic E-state index is 0.0523. The molecule has 0 aliphatic carbocycles. The number of carbonyl (C=O) groups excluding carboxylic acids is 1. The van der Waals surface area contributed by atoms with Gasteiger partial charge in [-0.15, -0.1) is 0 Å². The quantitative estimate of drug-likeness (QED) is 0.655. The minimum Gasteiger partial charge on any atom is -0.393 e. The van der Waals surface area contributed by atoms with E-state index in [-0.39, 0.29) is 5.57 Å². The fraction of sp³-hybridized carbons (Fsp3) is 0.0909. The second kappa shape index (κ2) is 6.14. The Morgan fingerprint density at radius 1 is 1.47 bits per heavy atom. The Bertz CT molecular complexity index is 506. The summed E-state index contributed by atoms with van der Waals surface area (Å²) in [6, 6.07) is 6.45. The summed E-state index contributed by atoms with van der Waals surface area (Å²) in [5, 5.41) is 14.7. The SMILES string of the molecule is CN/C=C(/C#N)C(=O)Nc1cc(Cl)ccc1Cl. The zero-order valence-electron chi connectivity index (χ0n) is 8.92. The number of carbonyl (C=O) groups is 1. The summed E-state index contributed by atoms with van der Waals surface area (Å²) in [7, 11) is 1.59. The lowest BCUT2D eigenvalue weighted by Crippen LogP contribution is -2.15. The maximum atomic E-state index is 11.7. The van der Waals surface area contributed by atoms with E-state index in [0.29, 0.717) is 15.7 Å². The van der Waals surface area contributed by atoms with Crippen molar-refractivity contribution >= 4 is 34.8 Å². The Labute approximate surface area is 109 Å². The number of halogens is 2. The van der Waals surface area contributed by atoms with Crippen LogP contribution in [0.3, 0.4) is 0 Å². The second-order valence-electron chi connectivity index (χ2n) is 3.04. The summed E-state index contributed by atoms with van der Waals surface area (Å²) in [6.45, 7) is 0. The summed E-state index contributed by atoms with van der Waals surface area (Å²) in [5.74, 6) is -0.550. The molecule has 0 unspecified atom stereocenters. The van der Waals surface area contributed by atoms with E-state index in [0.717, 1.165) is 0 Å². The minimum atomic E-state index is -0.550. The van der Waals surface area contributed by atoms with E-state index in [1.54, 1.807) is 25.2 Å². The summed E-state index contributed by atoms with van der Waals surface area (Å²) < 4.78 is 0. The number of hydrogen-bond acceptors (Lipinski definition) is 3. The summed E-state index contributed by atoms with van der Waals surface area (Å²) >= 11 is 11.6. The highest BCUT2D eigenvalue weighted by atomic mass is 35.5. The first-order valence-electron chi connectivity index (χ1n) is 4.62. The van der Waals surface area contributed by atoms with Gasteiger partial charge in [0.15, 0.2) is 0 Å². The number of anilines is 1. The van der Waals surface area contributed by atoms with Gasteiger partial charge in [0.25, 0.3) is 5.91 Å². The van der Waals surface area contributed by atoms with Crippen LogP contribution in [0.4, 0.5) is 5.69 Å². The Morgan fingerprint density at radius 2 is 2.18 bits per heavy atom. The van der Waals surface area contributed by atoms with Crippen LogP contribution < -0.4 is 10.6 Å². The molecule has 0 aliphatic heterocycles. The van der Waals surface area contributed by atoms with E-state index in [1.807, 2.05) is 0 Å². The molecule has 0 aliphatic rings. The molecule has 0 radical (unpaired) electrons. The van der Waals surface area contributed by atoms with Gasteiger partial charge in [0.2, 0.25) is 0 Å². The maximum absolute atomic E-state index is 11.7. The molecule has 0 saturated heterocycles. The Hall–Kier alpha value is -1.70. The number of hydrogen-bond donors (Lipinski definition) is 2. The van der Waals surface area contributed by atoms with Crippen molar-refractivity contribution in [2.45, 2.75) is 0 Å². The number of nitrogens with one attached hydrogen (secondary N) is 2. The Kier molecular flexibility index (Phi) is 4.83. The highest BCUT2D eigenvalue weighted by Gasteiger charge is 2.11. The molecule has 0 spiro atoms. The summed E-state index contributed by atoms with van der Waals surface area (Å²) in [6.07, 6.45) is 1.30. The van der Waals surface area contributed by atoms with Crippen molar-refractivity contribution in [1.29, 1.82) is 5.26 Å². The topological polar surface area (TPSA) is 64.9 Å². The van der Waals surface area contributed by atoms with Crippen molar-refractivity contribution in [3.05, 3.63) is 40.0 Å². The van der Waals surface area contributed by atoms with E-state index < -0.39 is 5.91 Å². The number of rotatable bonds is 3. The van der Waals surface area contributed by atoms with Crippen molar-refractivity contribution < 1.29 is 4.79 Å². The lowest BCUT2D eigenvalue weighted by atomic mass is 10.2. The average molecular weight is 270 g/mol. The molecule has 1 rings (SSSR count).